The monoisotopic (exact) mass is 180 g/mol. The standard InChI is InChI=1S/C8H8N2OS/c1-5-2-3-7(12-5)8-6(9)4-10-11-8/h2-4H,9H2,1H3. The molecule has 0 aromatic carbocycles. The molecule has 0 atom stereocenters. The maximum absolute atomic E-state index is 5.63. The zero-order valence-corrected chi connectivity index (χ0v) is 7.39. The third-order valence-corrected chi connectivity index (χ3v) is 2.56. The van der Waals surface area contributed by atoms with Gasteiger partial charge >= 0.3 is 0 Å². The van der Waals surface area contributed by atoms with Crippen LogP contribution in [0.2, 0.25) is 0 Å². The first kappa shape index (κ1) is 7.36. The van der Waals surface area contributed by atoms with Crippen molar-refractivity contribution >= 4 is 17.0 Å². The van der Waals surface area contributed by atoms with Gasteiger partial charge in [-0.25, -0.2) is 0 Å². The highest BCUT2D eigenvalue weighted by Crippen LogP contribution is 2.31. The molecule has 3 nitrogen and oxygen atoms in total. The van der Waals surface area contributed by atoms with Crippen LogP contribution in [0.4, 0.5) is 5.69 Å². The van der Waals surface area contributed by atoms with Gasteiger partial charge in [-0.15, -0.1) is 11.3 Å². The molecule has 0 radical (unpaired) electrons. The van der Waals surface area contributed by atoms with Gasteiger partial charge in [-0.1, -0.05) is 5.16 Å². The summed E-state index contributed by atoms with van der Waals surface area (Å²) in [6.45, 7) is 2.04. The fraction of sp³-hybridized carbons (Fsp3) is 0.125. The normalized spacial score (nSPS) is 10.4. The average molecular weight is 180 g/mol. The Kier molecular flexibility index (Phi) is 1.62. The van der Waals surface area contributed by atoms with E-state index >= 15 is 0 Å². The van der Waals surface area contributed by atoms with Gasteiger partial charge < -0.3 is 10.3 Å². The van der Waals surface area contributed by atoms with E-state index in [2.05, 4.69) is 5.16 Å². The van der Waals surface area contributed by atoms with Gasteiger partial charge in [0, 0.05) is 4.88 Å². The van der Waals surface area contributed by atoms with Crippen LogP contribution < -0.4 is 5.73 Å². The summed E-state index contributed by atoms with van der Waals surface area (Å²) in [5.41, 5.74) is 6.23. The highest BCUT2D eigenvalue weighted by Gasteiger charge is 2.08. The van der Waals surface area contributed by atoms with Crippen molar-refractivity contribution < 1.29 is 4.52 Å². The number of nitrogens with two attached hydrogens (primary N) is 1. The predicted octanol–water partition coefficient (Wildman–Crippen LogP) is 2.29. The van der Waals surface area contributed by atoms with Crippen LogP contribution in [0.1, 0.15) is 4.88 Å². The minimum Gasteiger partial charge on any atom is -0.394 e. The molecule has 0 aliphatic rings. The number of anilines is 1. The summed E-state index contributed by atoms with van der Waals surface area (Å²) in [5.74, 6) is 0.674. The van der Waals surface area contributed by atoms with Crippen LogP contribution in [0, 0.1) is 6.92 Å². The quantitative estimate of drug-likeness (QED) is 0.732. The number of hydrogen-bond acceptors (Lipinski definition) is 4. The Morgan fingerprint density at radius 2 is 2.33 bits per heavy atom. The SMILES string of the molecule is Cc1ccc(-c2oncc2N)s1. The van der Waals surface area contributed by atoms with Crippen LogP contribution in [0.15, 0.2) is 22.9 Å². The second-order valence-corrected chi connectivity index (χ2v) is 3.81. The molecule has 0 saturated heterocycles. The second kappa shape index (κ2) is 2.64. The summed E-state index contributed by atoms with van der Waals surface area (Å²) >= 11 is 1.65. The number of aryl methyl sites for hydroxylation is 1. The highest BCUT2D eigenvalue weighted by atomic mass is 32.1. The summed E-state index contributed by atoms with van der Waals surface area (Å²) in [7, 11) is 0. The number of aromatic nitrogens is 1. The predicted molar refractivity (Wildman–Crippen MR) is 49.0 cm³/mol. The lowest BCUT2D eigenvalue weighted by Gasteiger charge is -1.88. The molecule has 2 N–H and O–H groups in total. The minimum absolute atomic E-state index is 0.594. The van der Waals surface area contributed by atoms with Crippen molar-refractivity contribution in [2.24, 2.45) is 0 Å². The lowest BCUT2D eigenvalue weighted by Crippen LogP contribution is -1.81. The topological polar surface area (TPSA) is 52.0 Å². The van der Waals surface area contributed by atoms with Gasteiger partial charge in [0.1, 0.15) is 5.69 Å². The van der Waals surface area contributed by atoms with Crippen LogP contribution >= 0.6 is 11.3 Å². The van der Waals surface area contributed by atoms with E-state index in [4.69, 9.17) is 10.3 Å². The zero-order chi connectivity index (χ0) is 8.55. The Morgan fingerprint density at radius 1 is 1.50 bits per heavy atom. The molecule has 0 bridgehead atoms. The van der Waals surface area contributed by atoms with Crippen molar-refractivity contribution in [3.8, 4) is 10.6 Å². The lowest BCUT2D eigenvalue weighted by atomic mass is 10.3. The van der Waals surface area contributed by atoms with Crippen molar-refractivity contribution in [1.29, 1.82) is 0 Å². The smallest absolute Gasteiger partial charge is 0.199 e. The molecule has 0 amide bonds. The van der Waals surface area contributed by atoms with Gasteiger partial charge in [-0.2, -0.15) is 0 Å². The van der Waals surface area contributed by atoms with Crippen LogP contribution in [-0.4, -0.2) is 5.16 Å². The molecule has 12 heavy (non-hydrogen) atoms. The molecule has 0 aliphatic carbocycles. The lowest BCUT2D eigenvalue weighted by molar-refractivity contribution is 0.433. The van der Waals surface area contributed by atoms with E-state index in [-0.39, 0.29) is 0 Å². The second-order valence-electron chi connectivity index (χ2n) is 2.52. The summed E-state index contributed by atoms with van der Waals surface area (Å²) in [4.78, 5) is 2.27. The third kappa shape index (κ3) is 1.10. The Balaban J connectivity index is 2.50. The van der Waals surface area contributed by atoms with Crippen molar-refractivity contribution in [1.82, 2.24) is 5.16 Å². The molecular weight excluding hydrogens is 172 g/mol. The maximum Gasteiger partial charge on any atom is 0.199 e. The Hall–Kier alpha value is -1.29. The van der Waals surface area contributed by atoms with Gasteiger partial charge in [-0.05, 0) is 19.1 Å². The van der Waals surface area contributed by atoms with Crippen LogP contribution in [0.3, 0.4) is 0 Å². The first-order valence-electron chi connectivity index (χ1n) is 3.54. The maximum atomic E-state index is 5.63. The Bertz CT molecular complexity index is 391. The van der Waals surface area contributed by atoms with Crippen LogP contribution in [-0.2, 0) is 0 Å². The van der Waals surface area contributed by atoms with Crippen molar-refractivity contribution in [2.45, 2.75) is 6.92 Å². The average Bonchev–Trinajstić information content (AvgIpc) is 2.58. The van der Waals surface area contributed by atoms with Crippen molar-refractivity contribution in [3.05, 3.63) is 23.2 Å². The highest BCUT2D eigenvalue weighted by molar-refractivity contribution is 7.15. The number of nitrogens with zero attached hydrogens (tertiary/aromatic N) is 1. The minimum atomic E-state index is 0.594. The van der Waals surface area contributed by atoms with E-state index < -0.39 is 0 Å². The van der Waals surface area contributed by atoms with Gasteiger partial charge in [0.05, 0.1) is 11.1 Å². The Labute approximate surface area is 73.8 Å². The van der Waals surface area contributed by atoms with Crippen molar-refractivity contribution in [2.75, 3.05) is 5.73 Å². The number of rotatable bonds is 1. The van der Waals surface area contributed by atoms with E-state index in [0.29, 0.717) is 11.4 Å². The van der Waals surface area contributed by atoms with Gasteiger partial charge in [0.2, 0.25) is 0 Å². The van der Waals surface area contributed by atoms with Gasteiger partial charge in [0.25, 0.3) is 0 Å². The summed E-state index contributed by atoms with van der Waals surface area (Å²) in [5, 5.41) is 3.61. The van der Waals surface area contributed by atoms with E-state index in [0.717, 1.165) is 4.88 Å². The fourth-order valence-corrected chi connectivity index (χ4v) is 1.86. The first-order valence-corrected chi connectivity index (χ1v) is 4.36. The van der Waals surface area contributed by atoms with E-state index in [1.165, 1.54) is 11.1 Å². The number of hydrogen-bond donors (Lipinski definition) is 1. The fourth-order valence-electron chi connectivity index (χ4n) is 0.991. The largest absolute Gasteiger partial charge is 0.394 e. The molecule has 0 fully saturated rings. The van der Waals surface area contributed by atoms with E-state index in [9.17, 15) is 0 Å². The molecule has 0 aliphatic heterocycles. The molecule has 62 valence electrons. The summed E-state index contributed by atoms with van der Waals surface area (Å²) in [6, 6.07) is 4.01. The molecule has 2 rings (SSSR count). The molecule has 2 heterocycles. The van der Waals surface area contributed by atoms with Crippen molar-refractivity contribution in [3.63, 3.8) is 0 Å². The summed E-state index contributed by atoms with van der Waals surface area (Å²) < 4.78 is 5.00. The van der Waals surface area contributed by atoms with E-state index in [1.54, 1.807) is 11.3 Å². The molecule has 0 saturated carbocycles. The molecule has 0 unspecified atom stereocenters. The molecule has 4 heteroatoms. The Morgan fingerprint density at radius 3 is 2.83 bits per heavy atom. The molecular formula is C8H8N2OS. The van der Waals surface area contributed by atoms with Gasteiger partial charge in [0.15, 0.2) is 5.76 Å². The number of nitrogen functional groups attached to an aromatic ring is 1. The van der Waals surface area contributed by atoms with Crippen LogP contribution in [0.5, 0.6) is 0 Å². The molecule has 2 aromatic rings. The summed E-state index contributed by atoms with van der Waals surface area (Å²) in [6.07, 6.45) is 1.52. The molecule has 0 spiro atoms. The molecule has 2 aromatic heterocycles. The van der Waals surface area contributed by atoms with Crippen LogP contribution in [0.25, 0.3) is 10.6 Å². The third-order valence-electron chi connectivity index (χ3n) is 1.56. The number of thiophene rings is 1. The first-order chi connectivity index (χ1) is 5.77. The van der Waals surface area contributed by atoms with E-state index in [1.807, 2.05) is 19.1 Å². The zero-order valence-electron chi connectivity index (χ0n) is 6.57. The van der Waals surface area contributed by atoms with Gasteiger partial charge in [-0.3, -0.25) is 0 Å².